The molecule has 3 heteroatoms. The van der Waals surface area contributed by atoms with Crippen molar-refractivity contribution in [3.8, 4) is 33.4 Å². The Labute approximate surface area is 424 Å². The summed E-state index contributed by atoms with van der Waals surface area (Å²) in [4.78, 5) is 0. The van der Waals surface area contributed by atoms with E-state index in [0.717, 1.165) is 30.1 Å². The van der Waals surface area contributed by atoms with Crippen molar-refractivity contribution in [1.29, 1.82) is 0 Å². The number of halogens is 2. The average Bonchev–Trinajstić information content (AvgIpc) is 3.90. The summed E-state index contributed by atoms with van der Waals surface area (Å²) in [5, 5.41) is 0. The fourth-order valence-corrected chi connectivity index (χ4v) is 12.8. The molecule has 4 saturated carbocycles. The molecule has 5 aliphatic carbocycles. The van der Waals surface area contributed by atoms with Gasteiger partial charge in [0.25, 0.3) is 0 Å². The van der Waals surface area contributed by atoms with E-state index >= 15 is 0 Å². The Morgan fingerprint density at radius 1 is 0.576 bits per heavy atom. The van der Waals surface area contributed by atoms with Crippen molar-refractivity contribution in [2.75, 3.05) is 0 Å². The predicted octanol–water partition coefficient (Wildman–Crippen LogP) is 10.2. The first-order chi connectivity index (χ1) is 30.7. The molecular formula is C63H66Cl2Zr-2. The van der Waals surface area contributed by atoms with Crippen LogP contribution in [0.15, 0.2) is 158 Å². The second kappa shape index (κ2) is 20.3. The zero-order valence-electron chi connectivity index (χ0n) is 40.3. The summed E-state index contributed by atoms with van der Waals surface area (Å²) in [5.41, 5.74) is 19.8. The van der Waals surface area contributed by atoms with Gasteiger partial charge in [-0.3, -0.25) is 0 Å². The summed E-state index contributed by atoms with van der Waals surface area (Å²) in [6.45, 7) is 18.7. The molecule has 0 nitrogen and oxygen atoms in total. The minimum atomic E-state index is 0. The molecule has 0 atom stereocenters. The first-order valence-corrected chi connectivity index (χ1v) is 25.2. The second-order valence-electron chi connectivity index (χ2n) is 21.8. The van der Waals surface area contributed by atoms with Crippen LogP contribution in [0.25, 0.3) is 33.4 Å². The van der Waals surface area contributed by atoms with Crippen LogP contribution in [0.1, 0.15) is 125 Å². The van der Waals surface area contributed by atoms with Gasteiger partial charge < -0.3 is 24.8 Å². The summed E-state index contributed by atoms with van der Waals surface area (Å²) in [7, 11) is 0. The minimum absolute atomic E-state index is 0. The molecule has 338 valence electrons. The molecule has 0 heterocycles. The molecule has 7 aromatic rings. The van der Waals surface area contributed by atoms with Crippen LogP contribution in [0.4, 0.5) is 0 Å². The van der Waals surface area contributed by atoms with Crippen LogP contribution in [-0.2, 0) is 46.9 Å². The Balaban J connectivity index is 0.000000164. The molecule has 0 aliphatic heterocycles. The Morgan fingerprint density at radius 3 is 1.52 bits per heavy atom. The topological polar surface area (TPSA) is 0 Å². The SMILES string of the molecule is CC(C)(C)c1cc2c([c-]c1-c1ccccc1)Cc1cc(-c3ccccc3)c(C(C)(C)C)cc1-2.Cc1cc(C2(C)C3CC4CC(C3)CC2C4)c[cH-]1.[Cl-].[Cl-].[Zr+2]=[C](c1ccccc1)c1ccccc1. The number of aryl methyl sites for hydroxylation is 1. The molecule has 4 fully saturated rings. The number of rotatable bonds is 5. The Morgan fingerprint density at radius 2 is 1.05 bits per heavy atom. The van der Waals surface area contributed by atoms with Gasteiger partial charge in [-0.25, -0.2) is 6.07 Å². The van der Waals surface area contributed by atoms with E-state index in [9.17, 15) is 0 Å². The maximum absolute atomic E-state index is 3.88. The molecule has 0 radical (unpaired) electrons. The Bertz CT molecular complexity index is 2560. The fraction of sp³-hybridized carbons (Fsp3) is 0.333. The molecule has 66 heavy (non-hydrogen) atoms. The van der Waals surface area contributed by atoms with Gasteiger partial charge in [0.15, 0.2) is 0 Å². The van der Waals surface area contributed by atoms with Gasteiger partial charge in [0.1, 0.15) is 0 Å². The zero-order valence-corrected chi connectivity index (χ0v) is 44.3. The molecule has 12 rings (SSSR count). The second-order valence-corrected chi connectivity index (χ2v) is 23.0. The summed E-state index contributed by atoms with van der Waals surface area (Å²) in [6, 6.07) is 61.1. The van der Waals surface area contributed by atoms with E-state index in [0.29, 0.717) is 5.41 Å². The Kier molecular flexibility index (Phi) is 15.4. The summed E-state index contributed by atoms with van der Waals surface area (Å²) >= 11 is 1.46. The third-order valence-electron chi connectivity index (χ3n) is 15.3. The Hall–Kier alpha value is -4.00. The van der Waals surface area contributed by atoms with Crippen molar-refractivity contribution in [3.05, 3.63) is 208 Å². The molecule has 5 aliphatic rings. The molecule has 0 aromatic heterocycles. The molecule has 0 unspecified atom stereocenters. The van der Waals surface area contributed by atoms with E-state index in [1.807, 2.05) is 0 Å². The van der Waals surface area contributed by atoms with E-state index in [1.165, 1.54) is 125 Å². The number of fused-ring (bicyclic) bond motifs is 3. The van der Waals surface area contributed by atoms with Crippen LogP contribution < -0.4 is 24.8 Å². The predicted molar refractivity (Wildman–Crippen MR) is 269 cm³/mol. The zero-order chi connectivity index (χ0) is 44.8. The fourth-order valence-electron chi connectivity index (χ4n) is 12.0. The number of hydrogen-bond donors (Lipinski definition) is 0. The summed E-state index contributed by atoms with van der Waals surface area (Å²) < 4.78 is 1.42. The van der Waals surface area contributed by atoms with Gasteiger partial charge in [0, 0.05) is 0 Å². The van der Waals surface area contributed by atoms with Gasteiger partial charge in [-0.2, -0.15) is 23.3 Å². The van der Waals surface area contributed by atoms with Crippen LogP contribution in [0.3, 0.4) is 0 Å². The summed E-state index contributed by atoms with van der Waals surface area (Å²) in [5.74, 6) is 4.14. The van der Waals surface area contributed by atoms with Crippen molar-refractivity contribution >= 4 is 3.21 Å². The van der Waals surface area contributed by atoms with Gasteiger partial charge in [-0.1, -0.05) is 150 Å². The van der Waals surface area contributed by atoms with E-state index in [-0.39, 0.29) is 35.6 Å². The molecule has 0 spiro atoms. The van der Waals surface area contributed by atoms with Gasteiger partial charge in [-0.05, 0) is 95.3 Å². The molecular weight excluding hydrogens is 919 g/mol. The average molecular weight is 985 g/mol. The van der Waals surface area contributed by atoms with E-state index < -0.39 is 0 Å². The molecule has 0 amide bonds. The van der Waals surface area contributed by atoms with Gasteiger partial charge in [0.2, 0.25) is 0 Å². The van der Waals surface area contributed by atoms with Crippen LogP contribution in [0.2, 0.25) is 0 Å². The third kappa shape index (κ3) is 10.2. The van der Waals surface area contributed by atoms with Crippen LogP contribution in [0, 0.1) is 36.7 Å². The standard InChI is InChI=1S/C33H33.C17H23.C13H10.2ClH.Zr/c1-32(2,3)30-20-26-24(18-28(30)22-13-9-7-10-14-22)17-25-19-29(23-15-11-8-12-16-23)31(21-27(25)26)33(4,5)6;1-11-3-4-14(5-11)17(2)15-7-12-6-13(9-15)10-16(17)8-12;1-3-7-12(8-4-1)11-13-9-5-2-6-10-13;;;/h7-16,18,20-21H,17H2,1-6H3;3-5,12-13,15-16H,6-10H2,1-2H3;1-10H;2*1H;/q2*-1;;;;+2/p-2. The third-order valence-corrected chi connectivity index (χ3v) is 16.7. The molecule has 0 saturated heterocycles. The van der Waals surface area contributed by atoms with E-state index in [1.54, 1.807) is 12.0 Å². The van der Waals surface area contributed by atoms with Crippen LogP contribution in [0.5, 0.6) is 0 Å². The van der Waals surface area contributed by atoms with Crippen molar-refractivity contribution < 1.29 is 49.0 Å². The van der Waals surface area contributed by atoms with Crippen molar-refractivity contribution in [2.45, 2.75) is 110 Å². The summed E-state index contributed by atoms with van der Waals surface area (Å²) in [6.07, 6.45) is 8.59. The van der Waals surface area contributed by atoms with Crippen LogP contribution >= 0.6 is 0 Å². The maximum atomic E-state index is 3.88. The monoisotopic (exact) mass is 982 g/mol. The molecule has 4 bridgehead atoms. The quantitative estimate of drug-likeness (QED) is 0.151. The normalized spacial score (nSPS) is 20.9. The molecule has 7 aromatic carbocycles. The first kappa shape index (κ1) is 49.9. The van der Waals surface area contributed by atoms with Gasteiger partial charge in [-0.15, -0.1) is 28.8 Å². The van der Waals surface area contributed by atoms with E-state index in [2.05, 4.69) is 219 Å². The van der Waals surface area contributed by atoms with Gasteiger partial charge >= 0.3 is 99.2 Å². The molecule has 0 N–H and O–H groups in total. The number of hydrogen-bond acceptors (Lipinski definition) is 0. The van der Waals surface area contributed by atoms with Gasteiger partial charge in [0.05, 0.1) is 0 Å². The number of benzene rings is 6. The van der Waals surface area contributed by atoms with Crippen LogP contribution in [-0.4, -0.2) is 3.21 Å². The van der Waals surface area contributed by atoms with Crippen molar-refractivity contribution in [3.63, 3.8) is 0 Å². The first-order valence-electron chi connectivity index (χ1n) is 24.0. The van der Waals surface area contributed by atoms with Crippen molar-refractivity contribution in [1.82, 2.24) is 0 Å². The van der Waals surface area contributed by atoms with Crippen molar-refractivity contribution in [2.24, 2.45) is 23.7 Å². The van der Waals surface area contributed by atoms with E-state index in [4.69, 9.17) is 0 Å².